The number of Topliss-reactive ketones (excluding diaryl/α,β-unsaturated/α-hetero) is 1. The molecule has 158 valence electrons. The van der Waals surface area contributed by atoms with Crippen LogP contribution in [-0.2, 0) is 4.79 Å². The summed E-state index contributed by atoms with van der Waals surface area (Å²) >= 11 is 4.59. The lowest BCUT2D eigenvalue weighted by molar-refractivity contribution is -0.116. The number of ketones is 1. The molecule has 0 amide bonds. The monoisotopic (exact) mass is 467 g/mol. The minimum absolute atomic E-state index is 0.0659. The predicted octanol–water partition coefficient (Wildman–Crippen LogP) is 4.84. The summed E-state index contributed by atoms with van der Waals surface area (Å²) in [6.07, 6.45) is 5.75. The minimum Gasteiger partial charge on any atom is -0.384 e. The Morgan fingerprint density at radius 2 is 2.13 bits per heavy atom. The molecule has 6 nitrogen and oxygen atoms in total. The van der Waals surface area contributed by atoms with Gasteiger partial charge in [0.15, 0.2) is 10.1 Å². The standard InChI is InChI=1S/C22H21N5OS3/c1-3-11-30-22-26-25-21(31-22)27-16-5-4-6-17(28)19(16)18(15(12-23)20(27)24)13-7-9-14(29-2)10-8-13/h3,7-10,18H,1,4-6,11,24H2,2H3. The number of allylic oxidation sites excluding steroid dienone is 3. The van der Waals surface area contributed by atoms with Crippen LogP contribution in [-0.4, -0.2) is 28.0 Å². The van der Waals surface area contributed by atoms with Gasteiger partial charge in [-0.2, -0.15) is 5.26 Å². The molecule has 2 aliphatic rings. The predicted molar refractivity (Wildman–Crippen MR) is 127 cm³/mol. The van der Waals surface area contributed by atoms with Gasteiger partial charge in [0, 0.05) is 28.3 Å². The van der Waals surface area contributed by atoms with Gasteiger partial charge in [0.2, 0.25) is 5.13 Å². The molecule has 1 unspecified atom stereocenters. The molecule has 2 aromatic rings. The molecule has 0 radical (unpaired) electrons. The lowest BCUT2D eigenvalue weighted by Gasteiger charge is -2.38. The minimum atomic E-state index is -0.456. The van der Waals surface area contributed by atoms with Crippen LogP contribution in [0.2, 0.25) is 0 Å². The molecule has 1 atom stereocenters. The Balaban J connectivity index is 1.85. The van der Waals surface area contributed by atoms with Crippen molar-refractivity contribution in [3.8, 4) is 6.07 Å². The zero-order valence-electron chi connectivity index (χ0n) is 17.0. The molecule has 1 aromatic carbocycles. The van der Waals surface area contributed by atoms with Gasteiger partial charge in [-0.1, -0.05) is 41.3 Å². The van der Waals surface area contributed by atoms with Crippen LogP contribution >= 0.6 is 34.9 Å². The zero-order chi connectivity index (χ0) is 22.0. The smallest absolute Gasteiger partial charge is 0.219 e. The largest absolute Gasteiger partial charge is 0.384 e. The van der Waals surface area contributed by atoms with E-state index < -0.39 is 5.92 Å². The molecule has 0 spiro atoms. The Kier molecular flexibility index (Phi) is 6.51. The first-order chi connectivity index (χ1) is 15.1. The third kappa shape index (κ3) is 4.03. The topological polar surface area (TPSA) is 95.9 Å². The number of carbonyl (C=O) groups is 1. The summed E-state index contributed by atoms with van der Waals surface area (Å²) in [6, 6.07) is 10.3. The number of benzene rings is 1. The number of carbonyl (C=O) groups excluding carboxylic acids is 1. The first-order valence-corrected chi connectivity index (χ1v) is 12.8. The molecule has 0 saturated heterocycles. The van der Waals surface area contributed by atoms with E-state index in [9.17, 15) is 10.1 Å². The molecule has 0 fully saturated rings. The Bertz CT molecular complexity index is 1130. The number of anilines is 1. The van der Waals surface area contributed by atoms with Crippen molar-refractivity contribution in [3.05, 3.63) is 65.1 Å². The molecule has 9 heteroatoms. The van der Waals surface area contributed by atoms with Gasteiger partial charge in [0.1, 0.15) is 5.82 Å². The summed E-state index contributed by atoms with van der Waals surface area (Å²) in [5.74, 6) is 0.661. The quantitative estimate of drug-likeness (QED) is 0.476. The second kappa shape index (κ2) is 9.30. The van der Waals surface area contributed by atoms with Crippen LogP contribution in [0.4, 0.5) is 5.13 Å². The fourth-order valence-corrected chi connectivity index (χ4v) is 5.97. The van der Waals surface area contributed by atoms with Gasteiger partial charge < -0.3 is 5.73 Å². The molecular weight excluding hydrogens is 446 g/mol. The Morgan fingerprint density at radius 1 is 1.35 bits per heavy atom. The molecule has 0 saturated carbocycles. The van der Waals surface area contributed by atoms with Crippen molar-refractivity contribution in [2.75, 3.05) is 16.9 Å². The molecule has 4 rings (SSSR count). The van der Waals surface area contributed by atoms with E-state index in [1.165, 1.54) is 23.1 Å². The summed E-state index contributed by atoms with van der Waals surface area (Å²) in [7, 11) is 0. The van der Waals surface area contributed by atoms with Crippen molar-refractivity contribution in [2.45, 2.75) is 34.4 Å². The SMILES string of the molecule is C=CCSc1nnc(N2C(N)=C(C#N)C(c3ccc(SC)cc3)C3=C2CCCC3=O)s1. The fourth-order valence-electron chi connectivity index (χ4n) is 3.92. The second-order valence-corrected chi connectivity index (χ2v) is 10.1. The van der Waals surface area contributed by atoms with Gasteiger partial charge in [-0.25, -0.2) is 0 Å². The highest BCUT2D eigenvalue weighted by atomic mass is 32.2. The van der Waals surface area contributed by atoms with E-state index in [2.05, 4.69) is 22.8 Å². The maximum absolute atomic E-state index is 13.1. The summed E-state index contributed by atoms with van der Waals surface area (Å²) in [6.45, 7) is 3.73. The Morgan fingerprint density at radius 3 is 2.81 bits per heavy atom. The third-order valence-corrected chi connectivity index (χ3v) is 8.06. The van der Waals surface area contributed by atoms with Crippen LogP contribution in [0.5, 0.6) is 0 Å². The number of thioether (sulfide) groups is 2. The Labute approximate surface area is 193 Å². The molecule has 0 bridgehead atoms. The number of hydrogen-bond acceptors (Lipinski definition) is 9. The van der Waals surface area contributed by atoms with Crippen LogP contribution in [0.3, 0.4) is 0 Å². The van der Waals surface area contributed by atoms with Crippen LogP contribution in [0.1, 0.15) is 30.7 Å². The molecule has 1 aliphatic carbocycles. The van der Waals surface area contributed by atoms with Gasteiger partial charge in [0.05, 0.1) is 17.6 Å². The maximum atomic E-state index is 13.1. The molecule has 2 N–H and O–H groups in total. The van der Waals surface area contributed by atoms with Crippen LogP contribution in [0, 0.1) is 11.3 Å². The third-order valence-electron chi connectivity index (χ3n) is 5.27. The second-order valence-electron chi connectivity index (χ2n) is 7.04. The van der Waals surface area contributed by atoms with Crippen LogP contribution in [0.15, 0.2) is 68.8 Å². The molecule has 1 aromatic heterocycles. The summed E-state index contributed by atoms with van der Waals surface area (Å²) in [5, 5.41) is 19.2. The van der Waals surface area contributed by atoms with Crippen molar-refractivity contribution >= 4 is 45.8 Å². The number of nitriles is 1. The van der Waals surface area contributed by atoms with Crippen LogP contribution in [0.25, 0.3) is 0 Å². The van der Waals surface area contributed by atoms with Gasteiger partial charge in [0.25, 0.3) is 0 Å². The lowest BCUT2D eigenvalue weighted by Crippen LogP contribution is -2.38. The number of nitrogens with zero attached hydrogens (tertiary/aromatic N) is 4. The maximum Gasteiger partial charge on any atom is 0.219 e. The molecule has 1 aliphatic heterocycles. The summed E-state index contributed by atoms with van der Waals surface area (Å²) in [5.41, 5.74) is 9.33. The number of nitrogens with two attached hydrogens (primary N) is 1. The summed E-state index contributed by atoms with van der Waals surface area (Å²) in [4.78, 5) is 16.0. The van der Waals surface area contributed by atoms with E-state index >= 15 is 0 Å². The average Bonchev–Trinajstić information content (AvgIpc) is 3.25. The molecule has 31 heavy (non-hydrogen) atoms. The molecular formula is C22H21N5OS3. The summed E-state index contributed by atoms with van der Waals surface area (Å²) < 4.78 is 0.792. The highest BCUT2D eigenvalue weighted by Crippen LogP contribution is 2.47. The van der Waals surface area contributed by atoms with E-state index in [4.69, 9.17) is 5.73 Å². The van der Waals surface area contributed by atoms with E-state index in [1.54, 1.807) is 16.7 Å². The highest BCUT2D eigenvalue weighted by Gasteiger charge is 2.41. The number of rotatable bonds is 6. The number of aromatic nitrogens is 2. The van der Waals surface area contributed by atoms with Crippen molar-refractivity contribution in [3.63, 3.8) is 0 Å². The first-order valence-electron chi connectivity index (χ1n) is 9.76. The Hall–Kier alpha value is -2.54. The number of hydrogen-bond donors (Lipinski definition) is 1. The van der Waals surface area contributed by atoms with E-state index in [0.29, 0.717) is 34.9 Å². The van der Waals surface area contributed by atoms with Gasteiger partial charge >= 0.3 is 0 Å². The lowest BCUT2D eigenvalue weighted by atomic mass is 9.76. The normalized spacial score (nSPS) is 18.8. The van der Waals surface area contributed by atoms with Crippen LogP contribution < -0.4 is 10.6 Å². The van der Waals surface area contributed by atoms with Gasteiger partial charge in [-0.3, -0.25) is 9.69 Å². The van der Waals surface area contributed by atoms with E-state index in [0.717, 1.165) is 32.7 Å². The van der Waals surface area contributed by atoms with E-state index in [1.807, 2.05) is 36.6 Å². The average molecular weight is 468 g/mol. The first kappa shape index (κ1) is 21.7. The van der Waals surface area contributed by atoms with Crippen molar-refractivity contribution < 1.29 is 4.79 Å². The zero-order valence-corrected chi connectivity index (χ0v) is 19.4. The molecule has 2 heterocycles. The van der Waals surface area contributed by atoms with Gasteiger partial charge in [-0.05, 0) is 36.8 Å². The van der Waals surface area contributed by atoms with E-state index in [-0.39, 0.29) is 5.78 Å². The van der Waals surface area contributed by atoms with Gasteiger partial charge in [-0.15, -0.1) is 28.5 Å². The van der Waals surface area contributed by atoms with Crippen molar-refractivity contribution in [1.82, 2.24) is 10.2 Å². The van der Waals surface area contributed by atoms with Crippen molar-refractivity contribution in [1.29, 1.82) is 5.26 Å². The highest BCUT2D eigenvalue weighted by molar-refractivity contribution is 8.01. The van der Waals surface area contributed by atoms with Crippen molar-refractivity contribution in [2.24, 2.45) is 5.73 Å². The fraction of sp³-hybridized carbons (Fsp3) is 0.273.